The number of carbonyl (C=O) groups excluding carboxylic acids is 1. The van der Waals surface area contributed by atoms with Crippen molar-refractivity contribution in [1.29, 1.82) is 0 Å². The van der Waals surface area contributed by atoms with Crippen molar-refractivity contribution in [2.24, 2.45) is 0 Å². The van der Waals surface area contributed by atoms with Crippen molar-refractivity contribution < 1.29 is 22.7 Å². The van der Waals surface area contributed by atoms with Crippen LogP contribution in [0.2, 0.25) is 0 Å². The normalized spacial score (nSPS) is 13.7. The first-order valence-electron chi connectivity index (χ1n) is 4.46. The Morgan fingerprint density at radius 2 is 2.07 bits per heavy atom. The maximum Gasteiger partial charge on any atom is 0.411 e. The van der Waals surface area contributed by atoms with Gasteiger partial charge in [0, 0.05) is 13.6 Å². The van der Waals surface area contributed by atoms with Gasteiger partial charge in [-0.3, -0.25) is 4.79 Å². The fraction of sp³-hybridized carbons (Fsp3) is 0.875. The largest absolute Gasteiger partial charge is 0.411 e. The van der Waals surface area contributed by atoms with Crippen molar-refractivity contribution in [3.63, 3.8) is 0 Å². The minimum atomic E-state index is -4.30. The van der Waals surface area contributed by atoms with Crippen molar-refractivity contribution in [2.75, 3.05) is 26.8 Å². The summed E-state index contributed by atoms with van der Waals surface area (Å²) in [7, 11) is 1.49. The molecular formula is C8H15F3N2O2. The van der Waals surface area contributed by atoms with Gasteiger partial charge < -0.3 is 15.4 Å². The lowest BCUT2D eigenvalue weighted by Crippen LogP contribution is -2.42. The number of likely N-dealkylation sites (N-methyl/N-ethyl adjacent to an activating group) is 1. The highest BCUT2D eigenvalue weighted by Gasteiger charge is 2.27. The molecule has 1 unspecified atom stereocenters. The highest BCUT2D eigenvalue weighted by atomic mass is 19.4. The maximum atomic E-state index is 11.6. The summed E-state index contributed by atoms with van der Waals surface area (Å²) in [6.07, 6.45) is -4.30. The van der Waals surface area contributed by atoms with Gasteiger partial charge in [0.2, 0.25) is 5.91 Å². The van der Waals surface area contributed by atoms with E-state index in [2.05, 4.69) is 15.4 Å². The molecule has 0 aliphatic carbocycles. The summed E-state index contributed by atoms with van der Waals surface area (Å²) in [6, 6.07) is -0.440. The molecule has 0 saturated heterocycles. The predicted octanol–water partition coefficient (Wildman–Crippen LogP) is 0.289. The van der Waals surface area contributed by atoms with Gasteiger partial charge in [-0.05, 0) is 6.92 Å². The third-order valence-corrected chi connectivity index (χ3v) is 1.60. The fourth-order valence-corrected chi connectivity index (χ4v) is 0.845. The third-order valence-electron chi connectivity index (χ3n) is 1.60. The predicted molar refractivity (Wildman–Crippen MR) is 48.4 cm³/mol. The second kappa shape index (κ2) is 6.62. The van der Waals surface area contributed by atoms with Crippen molar-refractivity contribution in [1.82, 2.24) is 10.6 Å². The zero-order chi connectivity index (χ0) is 11.9. The van der Waals surface area contributed by atoms with Crippen molar-refractivity contribution in [3.8, 4) is 0 Å². The number of hydrogen-bond acceptors (Lipinski definition) is 3. The van der Waals surface area contributed by atoms with Crippen LogP contribution >= 0.6 is 0 Å². The first-order valence-corrected chi connectivity index (χ1v) is 4.46. The Morgan fingerprint density at radius 3 is 2.53 bits per heavy atom. The third kappa shape index (κ3) is 8.19. The van der Waals surface area contributed by atoms with Gasteiger partial charge in [0.05, 0.1) is 12.6 Å². The fourth-order valence-electron chi connectivity index (χ4n) is 0.845. The summed E-state index contributed by atoms with van der Waals surface area (Å²) >= 11 is 0. The van der Waals surface area contributed by atoms with Crippen LogP contribution in [-0.4, -0.2) is 44.9 Å². The van der Waals surface area contributed by atoms with Gasteiger partial charge in [-0.15, -0.1) is 0 Å². The van der Waals surface area contributed by atoms with E-state index in [-0.39, 0.29) is 19.1 Å². The Morgan fingerprint density at radius 1 is 1.47 bits per heavy atom. The molecule has 0 aromatic rings. The average molecular weight is 228 g/mol. The number of nitrogens with one attached hydrogen (secondary N) is 2. The van der Waals surface area contributed by atoms with E-state index in [4.69, 9.17) is 0 Å². The van der Waals surface area contributed by atoms with E-state index in [9.17, 15) is 18.0 Å². The van der Waals surface area contributed by atoms with Crippen LogP contribution in [0.4, 0.5) is 13.2 Å². The molecule has 0 radical (unpaired) electrons. The van der Waals surface area contributed by atoms with Gasteiger partial charge in [0.1, 0.15) is 6.61 Å². The molecule has 90 valence electrons. The Bertz CT molecular complexity index is 197. The summed E-state index contributed by atoms with van der Waals surface area (Å²) < 4.78 is 39.2. The summed E-state index contributed by atoms with van der Waals surface area (Å²) in [6.45, 7) is 0.469. The van der Waals surface area contributed by atoms with E-state index >= 15 is 0 Å². The van der Waals surface area contributed by atoms with Gasteiger partial charge in [-0.25, -0.2) is 0 Å². The van der Waals surface area contributed by atoms with E-state index in [1.807, 2.05) is 0 Å². The number of hydrogen-bond donors (Lipinski definition) is 2. The molecule has 0 rings (SSSR count). The Kier molecular flexibility index (Phi) is 6.26. The standard InChI is InChI=1S/C8H15F3N2O2/c1-6(7(14)12-2)13-3-4-15-5-8(9,10)11/h6,13H,3-5H2,1-2H3,(H,12,14). The van der Waals surface area contributed by atoms with Crippen molar-refractivity contribution in [2.45, 2.75) is 19.1 Å². The van der Waals surface area contributed by atoms with E-state index in [0.717, 1.165) is 0 Å². The van der Waals surface area contributed by atoms with Gasteiger partial charge in [-0.2, -0.15) is 13.2 Å². The number of carbonyl (C=O) groups is 1. The molecular weight excluding hydrogens is 213 g/mol. The molecule has 0 saturated carbocycles. The van der Waals surface area contributed by atoms with Crippen LogP contribution in [0.1, 0.15) is 6.92 Å². The summed E-state index contributed by atoms with van der Waals surface area (Å²) in [5.41, 5.74) is 0. The monoisotopic (exact) mass is 228 g/mol. The highest BCUT2D eigenvalue weighted by molar-refractivity contribution is 5.80. The van der Waals surface area contributed by atoms with Gasteiger partial charge in [0.15, 0.2) is 0 Å². The molecule has 0 bridgehead atoms. The summed E-state index contributed by atoms with van der Waals surface area (Å²) in [5.74, 6) is -0.217. The smallest absolute Gasteiger partial charge is 0.371 e. The number of ether oxygens (including phenoxy) is 1. The van der Waals surface area contributed by atoms with E-state index in [1.54, 1.807) is 6.92 Å². The number of alkyl halides is 3. The van der Waals surface area contributed by atoms with Crippen LogP contribution in [0.3, 0.4) is 0 Å². The van der Waals surface area contributed by atoms with Crippen molar-refractivity contribution in [3.05, 3.63) is 0 Å². The second-order valence-corrected chi connectivity index (χ2v) is 2.96. The van der Waals surface area contributed by atoms with Crippen LogP contribution in [0.15, 0.2) is 0 Å². The maximum absolute atomic E-state index is 11.6. The zero-order valence-electron chi connectivity index (χ0n) is 8.65. The molecule has 1 atom stereocenters. The number of halogens is 3. The summed E-state index contributed by atoms with van der Waals surface area (Å²) in [5, 5.41) is 5.12. The Labute approximate surface area is 86.2 Å². The molecule has 4 nitrogen and oxygen atoms in total. The molecule has 0 aliphatic rings. The van der Waals surface area contributed by atoms with Crippen LogP contribution < -0.4 is 10.6 Å². The molecule has 2 N–H and O–H groups in total. The lowest BCUT2D eigenvalue weighted by atomic mass is 10.3. The van der Waals surface area contributed by atoms with Crippen LogP contribution in [0.5, 0.6) is 0 Å². The second-order valence-electron chi connectivity index (χ2n) is 2.96. The molecule has 0 aromatic carbocycles. The SMILES string of the molecule is CNC(=O)C(C)NCCOCC(F)(F)F. The molecule has 0 fully saturated rings. The topological polar surface area (TPSA) is 50.4 Å². The lowest BCUT2D eigenvalue weighted by molar-refractivity contribution is -0.173. The van der Waals surface area contributed by atoms with Crippen LogP contribution in [0.25, 0.3) is 0 Å². The minimum absolute atomic E-state index is 0.0825. The van der Waals surface area contributed by atoms with E-state index in [0.29, 0.717) is 0 Å². The first-order chi connectivity index (χ1) is 6.87. The van der Waals surface area contributed by atoms with Gasteiger partial charge >= 0.3 is 6.18 Å². The zero-order valence-corrected chi connectivity index (χ0v) is 8.65. The quantitative estimate of drug-likeness (QED) is 0.642. The summed E-state index contributed by atoms with van der Waals surface area (Å²) in [4.78, 5) is 10.9. The molecule has 0 aromatic heterocycles. The van der Waals surface area contributed by atoms with E-state index < -0.39 is 18.8 Å². The first kappa shape index (κ1) is 14.2. The van der Waals surface area contributed by atoms with Crippen molar-refractivity contribution >= 4 is 5.91 Å². The van der Waals surface area contributed by atoms with E-state index in [1.165, 1.54) is 7.05 Å². The Balaban J connectivity index is 3.43. The van der Waals surface area contributed by atoms with Gasteiger partial charge in [0.25, 0.3) is 0 Å². The molecule has 15 heavy (non-hydrogen) atoms. The Hall–Kier alpha value is -0.820. The molecule has 0 heterocycles. The lowest BCUT2D eigenvalue weighted by Gasteiger charge is -2.12. The minimum Gasteiger partial charge on any atom is -0.371 e. The van der Waals surface area contributed by atoms with Gasteiger partial charge in [-0.1, -0.05) is 0 Å². The molecule has 0 spiro atoms. The van der Waals surface area contributed by atoms with Crippen LogP contribution in [-0.2, 0) is 9.53 Å². The molecule has 1 amide bonds. The average Bonchev–Trinajstić information content (AvgIpc) is 2.14. The number of amides is 1. The molecule has 0 aliphatic heterocycles. The highest BCUT2D eigenvalue weighted by Crippen LogP contribution is 2.13. The number of rotatable bonds is 6. The van der Waals surface area contributed by atoms with Crippen LogP contribution in [0, 0.1) is 0 Å². The molecule has 7 heteroatoms.